The van der Waals surface area contributed by atoms with E-state index in [0.29, 0.717) is 17.3 Å². The zero-order chi connectivity index (χ0) is 20.5. The van der Waals surface area contributed by atoms with Crippen molar-refractivity contribution in [1.29, 1.82) is 0 Å². The van der Waals surface area contributed by atoms with Gasteiger partial charge in [-0.05, 0) is 36.8 Å². The van der Waals surface area contributed by atoms with E-state index in [4.69, 9.17) is 4.52 Å². The average Bonchev–Trinajstić information content (AvgIpc) is 3.19. The molecule has 0 unspecified atom stereocenters. The summed E-state index contributed by atoms with van der Waals surface area (Å²) in [6, 6.07) is 10.0. The maximum absolute atomic E-state index is 13.5. The first-order valence-electron chi connectivity index (χ1n) is 9.00. The third kappa shape index (κ3) is 3.35. The zero-order valence-corrected chi connectivity index (χ0v) is 15.4. The van der Waals surface area contributed by atoms with Crippen molar-refractivity contribution in [3.63, 3.8) is 0 Å². The lowest BCUT2D eigenvalue weighted by Crippen LogP contribution is -2.40. The predicted molar refractivity (Wildman–Crippen MR) is 102 cm³/mol. The van der Waals surface area contributed by atoms with Crippen LogP contribution in [0.2, 0.25) is 0 Å². The van der Waals surface area contributed by atoms with E-state index in [-0.39, 0.29) is 35.9 Å². The second kappa shape index (κ2) is 7.42. The number of halogens is 2. The van der Waals surface area contributed by atoms with Gasteiger partial charge < -0.3 is 4.52 Å². The van der Waals surface area contributed by atoms with Gasteiger partial charge in [0, 0.05) is 12.1 Å². The van der Waals surface area contributed by atoms with E-state index >= 15 is 0 Å². The summed E-state index contributed by atoms with van der Waals surface area (Å²) < 4.78 is 34.4. The topological polar surface area (TPSA) is 82.9 Å². The molecule has 0 atom stereocenters. The van der Waals surface area contributed by atoms with Crippen molar-refractivity contribution >= 4 is 10.9 Å². The molecule has 0 spiro atoms. The van der Waals surface area contributed by atoms with Gasteiger partial charge in [0.15, 0.2) is 11.6 Å². The van der Waals surface area contributed by atoms with Crippen molar-refractivity contribution in [3.8, 4) is 11.4 Å². The summed E-state index contributed by atoms with van der Waals surface area (Å²) in [5.74, 6) is -1.84. The van der Waals surface area contributed by atoms with Gasteiger partial charge in [-0.2, -0.15) is 4.98 Å². The summed E-state index contributed by atoms with van der Waals surface area (Å²) in [5.41, 5.74) is -0.144. The van der Waals surface area contributed by atoms with Gasteiger partial charge in [-0.15, -0.1) is 0 Å². The molecule has 0 aliphatic carbocycles. The Morgan fingerprint density at radius 1 is 1.03 bits per heavy atom. The Labute approximate surface area is 162 Å². The van der Waals surface area contributed by atoms with Gasteiger partial charge in [-0.3, -0.25) is 13.9 Å². The molecule has 0 fully saturated rings. The van der Waals surface area contributed by atoms with Crippen LogP contribution in [-0.2, 0) is 13.1 Å². The van der Waals surface area contributed by atoms with Gasteiger partial charge in [-0.1, -0.05) is 24.2 Å². The van der Waals surface area contributed by atoms with Gasteiger partial charge in [0.1, 0.15) is 6.54 Å². The molecule has 0 aliphatic heterocycles. The van der Waals surface area contributed by atoms with E-state index in [9.17, 15) is 18.4 Å². The Balaban J connectivity index is 1.79. The van der Waals surface area contributed by atoms with Gasteiger partial charge in [0.2, 0.25) is 11.7 Å². The SMILES string of the molecule is CCCn1c(=O)c2ccccc2n(Cc2nc(-c3ccc(F)c(F)c3)no2)c1=O. The van der Waals surface area contributed by atoms with Crippen molar-refractivity contribution in [2.45, 2.75) is 26.4 Å². The lowest BCUT2D eigenvalue weighted by Gasteiger charge is -2.12. The largest absolute Gasteiger partial charge is 0.337 e. The molecule has 9 heteroatoms. The highest BCUT2D eigenvalue weighted by molar-refractivity contribution is 5.77. The smallest absolute Gasteiger partial charge is 0.331 e. The second-order valence-electron chi connectivity index (χ2n) is 6.48. The van der Waals surface area contributed by atoms with Crippen LogP contribution in [0.25, 0.3) is 22.3 Å². The summed E-state index contributed by atoms with van der Waals surface area (Å²) in [6.07, 6.45) is 0.619. The fourth-order valence-corrected chi connectivity index (χ4v) is 3.15. The Morgan fingerprint density at radius 3 is 2.59 bits per heavy atom. The van der Waals surface area contributed by atoms with E-state index in [2.05, 4.69) is 10.1 Å². The van der Waals surface area contributed by atoms with Crippen LogP contribution in [0.1, 0.15) is 19.2 Å². The van der Waals surface area contributed by atoms with Crippen LogP contribution in [-0.4, -0.2) is 19.3 Å². The molecule has 0 aliphatic rings. The van der Waals surface area contributed by atoms with Crippen LogP contribution >= 0.6 is 0 Å². The lowest BCUT2D eigenvalue weighted by molar-refractivity contribution is 0.369. The molecule has 2 aromatic carbocycles. The number of hydrogen-bond acceptors (Lipinski definition) is 5. The van der Waals surface area contributed by atoms with Crippen molar-refractivity contribution in [3.05, 3.63) is 80.8 Å². The first-order chi connectivity index (χ1) is 14.0. The van der Waals surface area contributed by atoms with E-state index in [0.717, 1.165) is 12.1 Å². The maximum atomic E-state index is 13.5. The molecule has 7 nitrogen and oxygen atoms in total. The number of fused-ring (bicyclic) bond motifs is 1. The monoisotopic (exact) mass is 398 g/mol. The molecule has 0 radical (unpaired) electrons. The molecule has 0 amide bonds. The van der Waals surface area contributed by atoms with Crippen LogP contribution < -0.4 is 11.2 Å². The van der Waals surface area contributed by atoms with E-state index in [1.54, 1.807) is 24.3 Å². The minimum Gasteiger partial charge on any atom is -0.337 e. The van der Waals surface area contributed by atoms with Gasteiger partial charge >= 0.3 is 5.69 Å². The summed E-state index contributed by atoms with van der Waals surface area (Å²) in [4.78, 5) is 29.7. The summed E-state index contributed by atoms with van der Waals surface area (Å²) >= 11 is 0. The standard InChI is InChI=1S/C20H16F2N4O3/c1-2-9-25-19(27)13-5-3-4-6-16(13)26(20(25)28)11-17-23-18(24-29-17)12-7-8-14(21)15(22)10-12/h3-8,10H,2,9,11H2,1H3. The maximum Gasteiger partial charge on any atom is 0.331 e. The predicted octanol–water partition coefficient (Wildman–Crippen LogP) is 2.95. The zero-order valence-electron chi connectivity index (χ0n) is 15.4. The second-order valence-corrected chi connectivity index (χ2v) is 6.48. The molecule has 0 bridgehead atoms. The average molecular weight is 398 g/mol. The fourth-order valence-electron chi connectivity index (χ4n) is 3.15. The Morgan fingerprint density at radius 2 is 1.83 bits per heavy atom. The van der Waals surface area contributed by atoms with Crippen molar-refractivity contribution < 1.29 is 13.3 Å². The number of para-hydroxylation sites is 1. The number of aromatic nitrogens is 4. The van der Waals surface area contributed by atoms with Crippen LogP contribution in [0.15, 0.2) is 56.6 Å². The summed E-state index contributed by atoms with van der Waals surface area (Å²) in [7, 11) is 0. The molecule has 0 saturated heterocycles. The number of benzene rings is 2. The first-order valence-corrected chi connectivity index (χ1v) is 9.00. The third-order valence-corrected chi connectivity index (χ3v) is 4.52. The Kier molecular flexibility index (Phi) is 4.79. The van der Waals surface area contributed by atoms with Crippen molar-refractivity contribution in [2.75, 3.05) is 0 Å². The summed E-state index contributed by atoms with van der Waals surface area (Å²) in [5, 5.41) is 4.18. The fraction of sp³-hybridized carbons (Fsp3) is 0.200. The van der Waals surface area contributed by atoms with Crippen LogP contribution in [0.5, 0.6) is 0 Å². The normalized spacial score (nSPS) is 11.3. The molecule has 29 heavy (non-hydrogen) atoms. The number of hydrogen-bond donors (Lipinski definition) is 0. The lowest BCUT2D eigenvalue weighted by atomic mass is 10.2. The van der Waals surface area contributed by atoms with E-state index in [1.165, 1.54) is 15.2 Å². The quantitative estimate of drug-likeness (QED) is 0.516. The highest BCUT2D eigenvalue weighted by atomic mass is 19.2. The molecule has 0 saturated carbocycles. The molecule has 0 N–H and O–H groups in total. The van der Waals surface area contributed by atoms with Crippen LogP contribution in [0.3, 0.4) is 0 Å². The molecule has 2 heterocycles. The minimum atomic E-state index is -1.03. The van der Waals surface area contributed by atoms with Crippen molar-refractivity contribution in [1.82, 2.24) is 19.3 Å². The third-order valence-electron chi connectivity index (χ3n) is 4.52. The molecule has 148 valence electrons. The van der Waals surface area contributed by atoms with Gasteiger partial charge in [0.05, 0.1) is 10.9 Å². The Bertz CT molecular complexity index is 1320. The minimum absolute atomic E-state index is 0.0677. The number of rotatable bonds is 5. The van der Waals surface area contributed by atoms with Crippen LogP contribution in [0, 0.1) is 11.6 Å². The first kappa shape index (κ1) is 18.7. The molecule has 4 rings (SSSR count). The van der Waals surface area contributed by atoms with E-state index < -0.39 is 17.3 Å². The Hall–Kier alpha value is -3.62. The molecule has 2 aromatic heterocycles. The summed E-state index contributed by atoms with van der Waals surface area (Å²) in [6.45, 7) is 2.09. The van der Waals surface area contributed by atoms with E-state index in [1.807, 2.05) is 6.92 Å². The number of nitrogens with zero attached hydrogens (tertiary/aromatic N) is 4. The molecule has 4 aromatic rings. The molecular weight excluding hydrogens is 382 g/mol. The highest BCUT2D eigenvalue weighted by Gasteiger charge is 2.16. The van der Waals surface area contributed by atoms with Gasteiger partial charge in [0.25, 0.3) is 5.56 Å². The molecular formula is C20H16F2N4O3. The van der Waals surface area contributed by atoms with Gasteiger partial charge in [-0.25, -0.2) is 13.6 Å². The highest BCUT2D eigenvalue weighted by Crippen LogP contribution is 2.19. The van der Waals surface area contributed by atoms with Crippen molar-refractivity contribution in [2.24, 2.45) is 0 Å². The van der Waals surface area contributed by atoms with Crippen LogP contribution in [0.4, 0.5) is 8.78 Å².